The summed E-state index contributed by atoms with van der Waals surface area (Å²) in [5, 5.41) is 9.37. The molecule has 19 heavy (non-hydrogen) atoms. The molecule has 2 aliphatic heterocycles. The van der Waals surface area contributed by atoms with Crippen LogP contribution >= 0.6 is 0 Å². The minimum atomic E-state index is -1.04. The van der Waals surface area contributed by atoms with Crippen molar-refractivity contribution in [1.29, 1.82) is 0 Å². The molecule has 2 fully saturated rings. The number of aromatic nitrogens is 2. The Balaban J connectivity index is 1.90. The predicted molar refractivity (Wildman–Crippen MR) is 67.0 cm³/mol. The van der Waals surface area contributed by atoms with E-state index in [4.69, 9.17) is 4.74 Å². The Labute approximate surface area is 111 Å². The Morgan fingerprint density at radius 3 is 2.89 bits per heavy atom. The zero-order valence-electron chi connectivity index (χ0n) is 10.9. The minimum Gasteiger partial charge on any atom is -0.480 e. The molecular weight excluding hydrogens is 246 g/mol. The second kappa shape index (κ2) is 4.54. The monoisotopic (exact) mass is 263 g/mol. The average Bonchev–Trinajstić information content (AvgIpc) is 2.74. The van der Waals surface area contributed by atoms with Crippen molar-refractivity contribution in [3.63, 3.8) is 0 Å². The molecule has 1 atom stereocenters. The SMILES string of the molecule is CN1CCC(c2ccnc(C3(C(=O)O)COC3)n2)C1. The summed E-state index contributed by atoms with van der Waals surface area (Å²) in [5.74, 6) is -0.142. The summed E-state index contributed by atoms with van der Waals surface area (Å²) >= 11 is 0. The molecule has 2 aliphatic rings. The van der Waals surface area contributed by atoms with Gasteiger partial charge in [0, 0.05) is 24.4 Å². The number of likely N-dealkylation sites (tertiary alicyclic amines) is 1. The Morgan fingerprint density at radius 1 is 1.58 bits per heavy atom. The summed E-state index contributed by atoms with van der Waals surface area (Å²) in [6, 6.07) is 1.89. The maximum absolute atomic E-state index is 11.4. The van der Waals surface area contributed by atoms with Gasteiger partial charge in [-0.3, -0.25) is 4.79 Å². The van der Waals surface area contributed by atoms with Gasteiger partial charge >= 0.3 is 5.97 Å². The van der Waals surface area contributed by atoms with Gasteiger partial charge < -0.3 is 14.7 Å². The number of carboxylic acid groups (broad SMARTS) is 1. The lowest BCUT2D eigenvalue weighted by Crippen LogP contribution is -2.54. The van der Waals surface area contributed by atoms with E-state index in [-0.39, 0.29) is 13.2 Å². The lowest BCUT2D eigenvalue weighted by Gasteiger charge is -2.35. The van der Waals surface area contributed by atoms with Crippen LogP contribution in [0.1, 0.15) is 23.9 Å². The lowest BCUT2D eigenvalue weighted by atomic mass is 9.85. The van der Waals surface area contributed by atoms with E-state index in [9.17, 15) is 9.90 Å². The van der Waals surface area contributed by atoms with E-state index in [2.05, 4.69) is 21.9 Å². The Morgan fingerprint density at radius 2 is 2.37 bits per heavy atom. The first-order chi connectivity index (χ1) is 9.12. The van der Waals surface area contributed by atoms with E-state index in [0.29, 0.717) is 11.7 Å². The molecule has 3 heterocycles. The van der Waals surface area contributed by atoms with Crippen LogP contribution in [-0.4, -0.2) is 59.3 Å². The molecule has 0 bridgehead atoms. The smallest absolute Gasteiger partial charge is 0.322 e. The van der Waals surface area contributed by atoms with E-state index in [1.807, 2.05) is 6.07 Å². The first kappa shape index (κ1) is 12.5. The zero-order chi connectivity index (χ0) is 13.5. The highest BCUT2D eigenvalue weighted by Crippen LogP contribution is 2.32. The molecule has 2 saturated heterocycles. The van der Waals surface area contributed by atoms with Crippen LogP contribution in [0.2, 0.25) is 0 Å². The predicted octanol–water partition coefficient (Wildman–Crippen LogP) is 0.248. The number of aliphatic carboxylic acids is 1. The maximum atomic E-state index is 11.4. The molecule has 0 amide bonds. The number of carbonyl (C=O) groups is 1. The first-order valence-corrected chi connectivity index (χ1v) is 6.45. The van der Waals surface area contributed by atoms with E-state index in [0.717, 1.165) is 25.2 Å². The van der Waals surface area contributed by atoms with Gasteiger partial charge in [0.25, 0.3) is 0 Å². The summed E-state index contributed by atoms with van der Waals surface area (Å²) < 4.78 is 5.07. The molecule has 0 saturated carbocycles. The molecule has 6 heteroatoms. The van der Waals surface area contributed by atoms with Crippen molar-refractivity contribution in [3.8, 4) is 0 Å². The molecule has 0 aliphatic carbocycles. The molecule has 0 aromatic carbocycles. The van der Waals surface area contributed by atoms with Gasteiger partial charge in [-0.25, -0.2) is 9.97 Å². The fourth-order valence-electron chi connectivity index (χ4n) is 2.66. The van der Waals surface area contributed by atoms with E-state index < -0.39 is 11.4 Å². The van der Waals surface area contributed by atoms with Crippen molar-refractivity contribution in [2.75, 3.05) is 33.4 Å². The second-order valence-corrected chi connectivity index (χ2v) is 5.43. The van der Waals surface area contributed by atoms with Crippen molar-refractivity contribution in [2.45, 2.75) is 17.8 Å². The lowest BCUT2D eigenvalue weighted by molar-refractivity contribution is -0.164. The number of ether oxygens (including phenoxy) is 1. The van der Waals surface area contributed by atoms with Gasteiger partial charge in [0.2, 0.25) is 0 Å². The highest BCUT2D eigenvalue weighted by atomic mass is 16.5. The zero-order valence-corrected chi connectivity index (χ0v) is 10.9. The molecule has 1 aromatic heterocycles. The number of hydrogen-bond donors (Lipinski definition) is 1. The molecule has 6 nitrogen and oxygen atoms in total. The van der Waals surface area contributed by atoms with E-state index >= 15 is 0 Å². The third-order valence-corrected chi connectivity index (χ3v) is 4.02. The Hall–Kier alpha value is -1.53. The maximum Gasteiger partial charge on any atom is 0.322 e. The van der Waals surface area contributed by atoms with E-state index in [1.165, 1.54) is 0 Å². The molecule has 3 rings (SSSR count). The summed E-state index contributed by atoms with van der Waals surface area (Å²) in [4.78, 5) is 22.3. The summed E-state index contributed by atoms with van der Waals surface area (Å²) in [6.45, 7) is 2.34. The normalized spacial score (nSPS) is 26.1. The van der Waals surface area contributed by atoms with Crippen molar-refractivity contribution >= 4 is 5.97 Å². The second-order valence-electron chi connectivity index (χ2n) is 5.43. The van der Waals surface area contributed by atoms with Gasteiger partial charge in [0.05, 0.1) is 13.2 Å². The highest BCUT2D eigenvalue weighted by Gasteiger charge is 2.50. The number of rotatable bonds is 3. The summed E-state index contributed by atoms with van der Waals surface area (Å²) in [7, 11) is 2.08. The summed E-state index contributed by atoms with van der Waals surface area (Å²) in [5.41, 5.74) is -0.0950. The number of carboxylic acids is 1. The largest absolute Gasteiger partial charge is 0.480 e. The fourth-order valence-corrected chi connectivity index (χ4v) is 2.66. The van der Waals surface area contributed by atoms with Crippen molar-refractivity contribution in [1.82, 2.24) is 14.9 Å². The molecule has 0 radical (unpaired) electrons. The van der Waals surface area contributed by atoms with Crippen molar-refractivity contribution < 1.29 is 14.6 Å². The topological polar surface area (TPSA) is 75.6 Å². The third-order valence-electron chi connectivity index (χ3n) is 4.02. The van der Waals surface area contributed by atoms with E-state index in [1.54, 1.807) is 6.20 Å². The minimum absolute atomic E-state index is 0.163. The number of nitrogens with zero attached hydrogens (tertiary/aromatic N) is 3. The fraction of sp³-hybridized carbons (Fsp3) is 0.615. The van der Waals surface area contributed by atoms with Gasteiger partial charge in [-0.2, -0.15) is 0 Å². The third kappa shape index (κ3) is 2.01. The van der Waals surface area contributed by atoms with Crippen LogP contribution in [0, 0.1) is 0 Å². The molecule has 1 N–H and O–H groups in total. The van der Waals surface area contributed by atoms with Gasteiger partial charge in [-0.1, -0.05) is 0 Å². The van der Waals surface area contributed by atoms with Crippen molar-refractivity contribution in [2.24, 2.45) is 0 Å². The van der Waals surface area contributed by atoms with Crippen LogP contribution in [0.4, 0.5) is 0 Å². The Kier molecular flexibility index (Phi) is 2.99. The highest BCUT2D eigenvalue weighted by molar-refractivity contribution is 5.81. The van der Waals surface area contributed by atoms with Gasteiger partial charge in [0.1, 0.15) is 0 Å². The van der Waals surface area contributed by atoms with Crippen LogP contribution in [0.3, 0.4) is 0 Å². The molecule has 0 spiro atoms. The van der Waals surface area contributed by atoms with Gasteiger partial charge in [0.15, 0.2) is 11.2 Å². The van der Waals surface area contributed by atoms with Crippen molar-refractivity contribution in [3.05, 3.63) is 23.8 Å². The van der Waals surface area contributed by atoms with Crippen LogP contribution < -0.4 is 0 Å². The quantitative estimate of drug-likeness (QED) is 0.842. The molecule has 102 valence electrons. The van der Waals surface area contributed by atoms with Crippen LogP contribution in [0.15, 0.2) is 12.3 Å². The number of hydrogen-bond acceptors (Lipinski definition) is 5. The van der Waals surface area contributed by atoms with Crippen LogP contribution in [0.5, 0.6) is 0 Å². The van der Waals surface area contributed by atoms with Crippen LogP contribution in [-0.2, 0) is 14.9 Å². The molecule has 1 aromatic rings. The Bertz CT molecular complexity index is 502. The number of likely N-dealkylation sites (N-methyl/N-ethyl adjacent to an activating group) is 1. The van der Waals surface area contributed by atoms with Gasteiger partial charge in [-0.15, -0.1) is 0 Å². The standard InChI is InChI=1S/C13H17N3O3/c1-16-5-3-9(6-16)10-2-4-14-11(15-10)13(12(17)18)7-19-8-13/h2,4,9H,3,5-8H2,1H3,(H,17,18). The average molecular weight is 263 g/mol. The summed E-state index contributed by atoms with van der Waals surface area (Å²) in [6.07, 6.45) is 2.72. The van der Waals surface area contributed by atoms with Gasteiger partial charge in [-0.05, 0) is 26.1 Å². The van der Waals surface area contributed by atoms with Crippen LogP contribution in [0.25, 0.3) is 0 Å². The molecule has 1 unspecified atom stereocenters. The molecular formula is C13H17N3O3. The first-order valence-electron chi connectivity index (χ1n) is 6.45.